The molecule has 0 bridgehead atoms. The zero-order valence-corrected chi connectivity index (χ0v) is 12.4. The zero-order chi connectivity index (χ0) is 14.0. The van der Waals surface area contributed by atoms with E-state index in [0.29, 0.717) is 22.1 Å². The van der Waals surface area contributed by atoms with Gasteiger partial charge in [0.15, 0.2) is 5.13 Å². The van der Waals surface area contributed by atoms with E-state index in [0.717, 1.165) is 0 Å². The van der Waals surface area contributed by atoms with Crippen LogP contribution in [0, 0.1) is 0 Å². The number of nitrogens with two attached hydrogens (primary N) is 1. The number of aromatic nitrogens is 1. The molecule has 0 aliphatic rings. The first-order valence-corrected chi connectivity index (χ1v) is 7.08. The maximum atomic E-state index is 11.7. The van der Waals surface area contributed by atoms with E-state index in [2.05, 4.69) is 10.3 Å². The first kappa shape index (κ1) is 14.4. The molecule has 0 unspecified atom stereocenters. The molecule has 2 aromatic rings. The summed E-state index contributed by atoms with van der Waals surface area (Å²) in [6.45, 7) is 0. The van der Waals surface area contributed by atoms with Gasteiger partial charge in [-0.3, -0.25) is 4.79 Å². The number of nitrogens with one attached hydrogen (secondary N) is 1. The molecule has 1 aromatic carbocycles. The lowest BCUT2D eigenvalue weighted by Gasteiger charge is -2.13. The Hall–Kier alpha value is -1.01. The van der Waals surface area contributed by atoms with Crippen molar-refractivity contribution < 1.29 is 4.79 Å². The smallest absolute Gasteiger partial charge is 0.276 e. The molecular formula is C11H8Cl3N3OS. The lowest BCUT2D eigenvalue weighted by molar-refractivity contribution is -0.115. The van der Waals surface area contributed by atoms with Crippen LogP contribution in [0.1, 0.15) is 0 Å². The van der Waals surface area contributed by atoms with Crippen molar-refractivity contribution in [2.75, 3.05) is 11.1 Å². The van der Waals surface area contributed by atoms with Crippen LogP contribution in [-0.2, 0) is 4.79 Å². The monoisotopic (exact) mass is 335 g/mol. The molecule has 19 heavy (non-hydrogen) atoms. The maximum Gasteiger partial charge on any atom is 0.276 e. The molecular weight excluding hydrogens is 329 g/mol. The van der Waals surface area contributed by atoms with Gasteiger partial charge in [0.05, 0.1) is 11.4 Å². The van der Waals surface area contributed by atoms with E-state index >= 15 is 0 Å². The average molecular weight is 337 g/mol. The lowest BCUT2D eigenvalue weighted by Crippen LogP contribution is -2.27. The molecule has 0 fully saturated rings. The molecule has 0 radical (unpaired) electrons. The van der Waals surface area contributed by atoms with Gasteiger partial charge in [-0.1, -0.05) is 53.0 Å². The minimum absolute atomic E-state index is 0.442. The highest BCUT2D eigenvalue weighted by Gasteiger charge is 2.31. The molecule has 1 aromatic heterocycles. The topological polar surface area (TPSA) is 68.0 Å². The van der Waals surface area contributed by atoms with Gasteiger partial charge in [-0.2, -0.15) is 0 Å². The summed E-state index contributed by atoms with van der Waals surface area (Å²) >= 11 is 17.9. The number of carbonyl (C=O) groups excluding carboxylic acids is 1. The number of carbonyl (C=O) groups is 1. The number of nitrogens with zero attached hydrogens (tertiary/aromatic N) is 1. The molecule has 0 aliphatic heterocycles. The number of halogens is 3. The summed E-state index contributed by atoms with van der Waals surface area (Å²) < 4.78 is -2.02. The highest BCUT2D eigenvalue weighted by molar-refractivity contribution is 7.13. The Kier molecular flexibility index (Phi) is 4.20. The zero-order valence-electron chi connectivity index (χ0n) is 9.36. The van der Waals surface area contributed by atoms with Gasteiger partial charge < -0.3 is 11.1 Å². The van der Waals surface area contributed by atoms with Gasteiger partial charge in [0.1, 0.15) is 0 Å². The normalized spacial score (nSPS) is 11.3. The number of anilines is 2. The summed E-state index contributed by atoms with van der Waals surface area (Å²) in [4.78, 5) is 15.8. The maximum absolute atomic E-state index is 11.7. The molecule has 4 nitrogen and oxygen atoms in total. The second-order valence-corrected chi connectivity index (χ2v) is 6.74. The third-order valence-electron chi connectivity index (χ3n) is 2.23. The van der Waals surface area contributed by atoms with Crippen molar-refractivity contribution in [3.05, 3.63) is 29.6 Å². The fraction of sp³-hybridized carbons (Fsp3) is 0.0909. The van der Waals surface area contributed by atoms with Crippen molar-refractivity contribution in [2.45, 2.75) is 3.79 Å². The Balaban J connectivity index is 2.35. The number of hydrogen-bond donors (Lipinski definition) is 2. The predicted octanol–water partition coefficient (Wildman–Crippen LogP) is 3.70. The third kappa shape index (κ3) is 3.51. The van der Waals surface area contributed by atoms with Crippen LogP contribution in [0.3, 0.4) is 0 Å². The number of hydrogen-bond acceptors (Lipinski definition) is 4. The van der Waals surface area contributed by atoms with Crippen molar-refractivity contribution in [3.63, 3.8) is 0 Å². The van der Waals surface area contributed by atoms with Gasteiger partial charge in [0.25, 0.3) is 9.70 Å². The molecule has 2 rings (SSSR count). The van der Waals surface area contributed by atoms with E-state index in [1.54, 1.807) is 23.6 Å². The third-order valence-corrected chi connectivity index (χ3v) is 3.42. The van der Waals surface area contributed by atoms with E-state index in [1.165, 1.54) is 11.3 Å². The molecule has 0 saturated carbocycles. The lowest BCUT2D eigenvalue weighted by atomic mass is 10.1. The summed E-state index contributed by atoms with van der Waals surface area (Å²) in [5, 5.41) is 4.78. The summed E-state index contributed by atoms with van der Waals surface area (Å²) in [6.07, 6.45) is 0. The second-order valence-electron chi connectivity index (χ2n) is 3.57. The van der Waals surface area contributed by atoms with Gasteiger partial charge in [-0.15, -0.1) is 11.3 Å². The Morgan fingerprint density at radius 3 is 2.58 bits per heavy atom. The van der Waals surface area contributed by atoms with Gasteiger partial charge in [0.2, 0.25) is 0 Å². The van der Waals surface area contributed by atoms with E-state index < -0.39 is 9.70 Å². The highest BCUT2D eigenvalue weighted by atomic mass is 35.6. The highest BCUT2D eigenvalue weighted by Crippen LogP contribution is 2.32. The number of benzene rings is 1. The number of thiazole rings is 1. The number of para-hydroxylation sites is 1. The van der Waals surface area contributed by atoms with Crippen LogP contribution >= 0.6 is 46.1 Å². The number of amides is 1. The molecule has 1 heterocycles. The van der Waals surface area contributed by atoms with Crippen molar-refractivity contribution in [1.29, 1.82) is 0 Å². The van der Waals surface area contributed by atoms with Gasteiger partial charge >= 0.3 is 0 Å². The fourth-order valence-electron chi connectivity index (χ4n) is 1.42. The standard InChI is InChI=1S/C11H8Cl3N3OS/c12-11(13,14)9(18)16-7-4-2-1-3-6(7)8-5-19-10(15)17-8/h1-5H,(H2,15,17)(H,16,18). The number of rotatable bonds is 2. The molecule has 0 saturated heterocycles. The van der Waals surface area contributed by atoms with Gasteiger partial charge in [-0.25, -0.2) is 4.98 Å². The van der Waals surface area contributed by atoms with E-state index in [-0.39, 0.29) is 0 Å². The van der Waals surface area contributed by atoms with Crippen LogP contribution in [0.25, 0.3) is 11.3 Å². The van der Waals surface area contributed by atoms with Crippen molar-refractivity contribution in [3.8, 4) is 11.3 Å². The molecule has 8 heteroatoms. The fourth-order valence-corrected chi connectivity index (χ4v) is 2.12. The first-order valence-electron chi connectivity index (χ1n) is 5.06. The Bertz CT molecular complexity index is 609. The summed E-state index contributed by atoms with van der Waals surface area (Å²) in [5.74, 6) is -0.729. The van der Waals surface area contributed by atoms with Crippen LogP contribution < -0.4 is 11.1 Å². The van der Waals surface area contributed by atoms with Crippen LogP contribution in [0.5, 0.6) is 0 Å². The first-order chi connectivity index (χ1) is 8.88. The van der Waals surface area contributed by atoms with E-state index in [1.807, 2.05) is 6.07 Å². The van der Waals surface area contributed by atoms with Gasteiger partial charge in [0, 0.05) is 10.9 Å². The number of alkyl halides is 3. The second kappa shape index (κ2) is 5.54. The Labute approximate surface area is 128 Å². The minimum atomic E-state index is -2.02. The van der Waals surface area contributed by atoms with Gasteiger partial charge in [-0.05, 0) is 6.07 Å². The van der Waals surface area contributed by atoms with Crippen LogP contribution in [0.4, 0.5) is 10.8 Å². The van der Waals surface area contributed by atoms with Crippen LogP contribution in [-0.4, -0.2) is 14.7 Å². The van der Waals surface area contributed by atoms with Crippen molar-refractivity contribution in [1.82, 2.24) is 4.98 Å². The summed E-state index contributed by atoms with van der Waals surface area (Å²) in [5.41, 5.74) is 7.46. The van der Waals surface area contributed by atoms with Crippen LogP contribution in [0.15, 0.2) is 29.6 Å². The Morgan fingerprint density at radius 2 is 2.00 bits per heavy atom. The minimum Gasteiger partial charge on any atom is -0.375 e. The molecule has 0 aliphatic carbocycles. The predicted molar refractivity (Wildman–Crippen MR) is 80.9 cm³/mol. The average Bonchev–Trinajstić information content (AvgIpc) is 2.75. The molecule has 0 spiro atoms. The quantitative estimate of drug-likeness (QED) is 0.822. The SMILES string of the molecule is Nc1nc(-c2ccccc2NC(=O)C(Cl)(Cl)Cl)cs1. The van der Waals surface area contributed by atoms with E-state index in [9.17, 15) is 4.79 Å². The van der Waals surface area contributed by atoms with E-state index in [4.69, 9.17) is 40.5 Å². The molecule has 3 N–H and O–H groups in total. The Morgan fingerprint density at radius 1 is 1.32 bits per heavy atom. The molecule has 1 amide bonds. The molecule has 100 valence electrons. The largest absolute Gasteiger partial charge is 0.375 e. The van der Waals surface area contributed by atoms with Crippen molar-refractivity contribution in [2.24, 2.45) is 0 Å². The van der Waals surface area contributed by atoms with Crippen LogP contribution in [0.2, 0.25) is 0 Å². The summed E-state index contributed by atoms with van der Waals surface area (Å²) in [6, 6.07) is 7.06. The molecule has 0 atom stereocenters. The van der Waals surface area contributed by atoms with Crippen molar-refractivity contribution >= 4 is 62.9 Å². The summed E-state index contributed by atoms with van der Waals surface area (Å²) in [7, 11) is 0. The number of nitrogen functional groups attached to an aromatic ring is 1.